The number of benzene rings is 1. The number of nitrogens with zero attached hydrogens (tertiary/aromatic N) is 1. The third-order valence-corrected chi connectivity index (χ3v) is 5.10. The first-order chi connectivity index (χ1) is 8.81. The summed E-state index contributed by atoms with van der Waals surface area (Å²) < 4.78 is 28.6. The number of hydrogen-bond acceptors (Lipinski definition) is 3. The number of nitrogens with one attached hydrogen (secondary N) is 1. The Kier molecular flexibility index (Phi) is 5.72. The minimum absolute atomic E-state index is 0.263. The second kappa shape index (κ2) is 6.65. The predicted molar refractivity (Wildman–Crippen MR) is 85.5 cm³/mol. The molecule has 0 unspecified atom stereocenters. The fraction of sp³-hybridized carbons (Fsp3) is 0.364. The minimum Gasteiger partial charge on any atom is -0.389 e. The largest absolute Gasteiger partial charge is 0.389 e. The van der Waals surface area contributed by atoms with E-state index in [0.717, 1.165) is 0 Å². The van der Waals surface area contributed by atoms with Gasteiger partial charge in [-0.2, -0.15) is 12.7 Å². The molecule has 19 heavy (non-hydrogen) atoms. The molecule has 0 heterocycles. The molecule has 1 aromatic rings. The van der Waals surface area contributed by atoms with Gasteiger partial charge in [-0.3, -0.25) is 4.72 Å². The summed E-state index contributed by atoms with van der Waals surface area (Å²) in [5.74, 6) is 0. The van der Waals surface area contributed by atoms with Crippen molar-refractivity contribution in [1.29, 1.82) is 0 Å². The molecule has 1 rings (SSSR count). The number of hydrogen-bond donors (Lipinski definition) is 2. The standard InChI is InChI=1S/C11H16BrN3O2S2/c1-3-15(4-2)19(16,17)14-10-6-5-8(11(13)18)7-9(10)12/h5-7,14H,3-4H2,1-2H3,(H2,13,18). The molecular formula is C11H16BrN3O2S2. The highest BCUT2D eigenvalue weighted by atomic mass is 79.9. The summed E-state index contributed by atoms with van der Waals surface area (Å²) in [4.78, 5) is 0.263. The highest BCUT2D eigenvalue weighted by Gasteiger charge is 2.19. The molecule has 0 aliphatic rings. The van der Waals surface area contributed by atoms with Crippen LogP contribution in [0.3, 0.4) is 0 Å². The molecule has 0 fully saturated rings. The number of thiocarbonyl (C=S) groups is 1. The van der Waals surface area contributed by atoms with Crippen molar-refractivity contribution in [3.63, 3.8) is 0 Å². The number of nitrogens with two attached hydrogens (primary N) is 1. The zero-order valence-corrected chi connectivity index (χ0v) is 13.9. The lowest BCUT2D eigenvalue weighted by atomic mass is 10.2. The lowest BCUT2D eigenvalue weighted by Crippen LogP contribution is -2.35. The van der Waals surface area contributed by atoms with Gasteiger partial charge in [-0.15, -0.1) is 0 Å². The van der Waals surface area contributed by atoms with Crippen molar-refractivity contribution in [3.05, 3.63) is 28.2 Å². The maximum absolute atomic E-state index is 12.1. The Bertz CT molecular complexity index is 571. The van der Waals surface area contributed by atoms with Crippen LogP contribution in [0.5, 0.6) is 0 Å². The highest BCUT2D eigenvalue weighted by molar-refractivity contribution is 9.10. The Hall–Kier alpha value is -0.700. The molecule has 0 aliphatic heterocycles. The zero-order chi connectivity index (χ0) is 14.6. The van der Waals surface area contributed by atoms with Gasteiger partial charge in [-0.1, -0.05) is 26.1 Å². The highest BCUT2D eigenvalue weighted by Crippen LogP contribution is 2.25. The fourth-order valence-electron chi connectivity index (χ4n) is 1.52. The van der Waals surface area contributed by atoms with Crippen molar-refractivity contribution < 1.29 is 8.42 Å². The summed E-state index contributed by atoms with van der Waals surface area (Å²) >= 11 is 8.16. The van der Waals surface area contributed by atoms with Crippen molar-refractivity contribution in [2.75, 3.05) is 17.8 Å². The van der Waals surface area contributed by atoms with Crippen LogP contribution in [0.25, 0.3) is 0 Å². The fourth-order valence-corrected chi connectivity index (χ4v) is 3.52. The van der Waals surface area contributed by atoms with Crippen LogP contribution in [0.15, 0.2) is 22.7 Å². The molecule has 0 spiro atoms. The Morgan fingerprint density at radius 3 is 2.42 bits per heavy atom. The summed E-state index contributed by atoms with van der Waals surface area (Å²) in [5, 5.41) is 0. The van der Waals surface area contributed by atoms with Gasteiger partial charge in [0.25, 0.3) is 0 Å². The summed E-state index contributed by atoms with van der Waals surface area (Å²) in [6.45, 7) is 4.39. The third kappa shape index (κ3) is 4.13. The van der Waals surface area contributed by atoms with Crippen molar-refractivity contribution in [2.45, 2.75) is 13.8 Å². The number of rotatable bonds is 6. The molecule has 0 bridgehead atoms. The molecular weight excluding hydrogens is 350 g/mol. The molecule has 0 amide bonds. The van der Waals surface area contributed by atoms with Gasteiger partial charge in [0, 0.05) is 23.1 Å². The van der Waals surface area contributed by atoms with Crippen LogP contribution < -0.4 is 10.5 Å². The predicted octanol–water partition coefficient (Wildman–Crippen LogP) is 2.08. The summed E-state index contributed by atoms with van der Waals surface area (Å²) in [5.41, 5.74) is 6.64. The normalized spacial score (nSPS) is 11.6. The average Bonchev–Trinajstić information content (AvgIpc) is 2.32. The van der Waals surface area contributed by atoms with E-state index in [1.54, 1.807) is 32.0 Å². The van der Waals surface area contributed by atoms with E-state index in [-0.39, 0.29) is 4.99 Å². The van der Waals surface area contributed by atoms with Gasteiger partial charge >= 0.3 is 10.2 Å². The number of halogens is 1. The molecule has 8 heteroatoms. The van der Waals surface area contributed by atoms with E-state index < -0.39 is 10.2 Å². The average molecular weight is 366 g/mol. The van der Waals surface area contributed by atoms with E-state index >= 15 is 0 Å². The molecule has 0 atom stereocenters. The smallest absolute Gasteiger partial charge is 0.301 e. The van der Waals surface area contributed by atoms with Crippen LogP contribution in [-0.2, 0) is 10.2 Å². The minimum atomic E-state index is -3.54. The monoisotopic (exact) mass is 365 g/mol. The lowest BCUT2D eigenvalue weighted by molar-refractivity contribution is 0.449. The van der Waals surface area contributed by atoms with E-state index in [0.29, 0.717) is 28.8 Å². The SMILES string of the molecule is CCN(CC)S(=O)(=O)Nc1ccc(C(N)=S)cc1Br. The van der Waals surface area contributed by atoms with Crippen LogP contribution in [0, 0.1) is 0 Å². The molecule has 0 radical (unpaired) electrons. The maximum atomic E-state index is 12.1. The lowest BCUT2D eigenvalue weighted by Gasteiger charge is -2.20. The van der Waals surface area contributed by atoms with Gasteiger partial charge in [0.05, 0.1) is 5.69 Å². The summed E-state index contributed by atoms with van der Waals surface area (Å²) in [7, 11) is -3.54. The molecule has 0 saturated heterocycles. The Balaban J connectivity index is 3.04. The third-order valence-electron chi connectivity index (χ3n) is 2.54. The Morgan fingerprint density at radius 1 is 1.42 bits per heavy atom. The van der Waals surface area contributed by atoms with Crippen LogP contribution in [0.4, 0.5) is 5.69 Å². The van der Waals surface area contributed by atoms with Crippen molar-refractivity contribution >= 4 is 49.0 Å². The first-order valence-corrected chi connectivity index (χ1v) is 8.33. The second-order valence-corrected chi connectivity index (χ2v) is 6.72. The first-order valence-electron chi connectivity index (χ1n) is 5.69. The maximum Gasteiger partial charge on any atom is 0.301 e. The van der Waals surface area contributed by atoms with E-state index in [1.165, 1.54) is 4.31 Å². The molecule has 0 aliphatic carbocycles. The number of anilines is 1. The molecule has 3 N–H and O–H groups in total. The van der Waals surface area contributed by atoms with E-state index in [1.807, 2.05) is 0 Å². The first kappa shape index (κ1) is 16.4. The molecule has 106 valence electrons. The van der Waals surface area contributed by atoms with Gasteiger partial charge in [0.1, 0.15) is 4.99 Å². The molecule has 0 aromatic heterocycles. The molecule has 0 saturated carbocycles. The van der Waals surface area contributed by atoms with Crippen LogP contribution in [0.2, 0.25) is 0 Å². The quantitative estimate of drug-likeness (QED) is 0.756. The second-order valence-electron chi connectivity index (χ2n) is 3.75. The van der Waals surface area contributed by atoms with E-state index in [4.69, 9.17) is 18.0 Å². The van der Waals surface area contributed by atoms with Gasteiger partial charge in [0.2, 0.25) is 0 Å². The Morgan fingerprint density at radius 2 is 2.00 bits per heavy atom. The van der Waals surface area contributed by atoms with Gasteiger partial charge in [0.15, 0.2) is 0 Å². The zero-order valence-electron chi connectivity index (χ0n) is 10.7. The van der Waals surface area contributed by atoms with Crippen LogP contribution in [0.1, 0.15) is 19.4 Å². The van der Waals surface area contributed by atoms with Gasteiger partial charge in [-0.05, 0) is 34.1 Å². The van der Waals surface area contributed by atoms with E-state index in [2.05, 4.69) is 20.7 Å². The summed E-state index contributed by atoms with van der Waals surface area (Å²) in [6.07, 6.45) is 0. The summed E-state index contributed by atoms with van der Waals surface area (Å²) in [6, 6.07) is 4.98. The van der Waals surface area contributed by atoms with Gasteiger partial charge in [-0.25, -0.2) is 0 Å². The van der Waals surface area contributed by atoms with Crippen molar-refractivity contribution in [2.24, 2.45) is 5.73 Å². The van der Waals surface area contributed by atoms with Gasteiger partial charge < -0.3 is 5.73 Å². The van der Waals surface area contributed by atoms with Crippen LogP contribution in [-0.4, -0.2) is 30.8 Å². The molecule has 1 aromatic carbocycles. The van der Waals surface area contributed by atoms with Crippen molar-refractivity contribution in [1.82, 2.24) is 4.31 Å². The molecule has 5 nitrogen and oxygen atoms in total. The van der Waals surface area contributed by atoms with E-state index in [9.17, 15) is 8.42 Å². The Labute approximate surface area is 127 Å². The topological polar surface area (TPSA) is 75.4 Å². The van der Waals surface area contributed by atoms with Crippen LogP contribution >= 0.6 is 28.1 Å². The van der Waals surface area contributed by atoms with Crippen molar-refractivity contribution in [3.8, 4) is 0 Å².